The van der Waals surface area contributed by atoms with Crippen LogP contribution in [0.15, 0.2) is 34.7 Å². The van der Waals surface area contributed by atoms with Gasteiger partial charge in [0.05, 0.1) is 12.6 Å². The Bertz CT molecular complexity index is 630. The lowest BCUT2D eigenvalue weighted by Gasteiger charge is -2.25. The molecule has 4 heteroatoms. The number of halogens is 1. The Morgan fingerprint density at radius 3 is 2.68 bits per heavy atom. The Hall–Kier alpha value is -1.65. The van der Waals surface area contributed by atoms with Gasteiger partial charge in [-0.2, -0.15) is 0 Å². The third-order valence-electron chi connectivity index (χ3n) is 4.38. The molecule has 0 aliphatic heterocycles. The van der Waals surface area contributed by atoms with Crippen molar-refractivity contribution in [3.8, 4) is 11.3 Å². The molecule has 22 heavy (non-hydrogen) atoms. The lowest BCUT2D eigenvalue weighted by molar-refractivity contribution is 0.116. The molecule has 1 aromatic carbocycles. The highest BCUT2D eigenvalue weighted by Gasteiger charge is 2.19. The molecule has 3 rings (SSSR count). The molecular formula is C18H22FNO2. The first kappa shape index (κ1) is 15.3. The first-order valence-electron chi connectivity index (χ1n) is 7.88. The van der Waals surface area contributed by atoms with Crippen LogP contribution in [-0.2, 0) is 6.54 Å². The van der Waals surface area contributed by atoms with Gasteiger partial charge in [-0.3, -0.25) is 0 Å². The smallest absolute Gasteiger partial charge is 0.134 e. The van der Waals surface area contributed by atoms with E-state index in [1.54, 1.807) is 6.07 Å². The second kappa shape index (κ2) is 6.63. The van der Waals surface area contributed by atoms with E-state index in [0.717, 1.165) is 48.3 Å². The van der Waals surface area contributed by atoms with E-state index in [9.17, 15) is 9.50 Å². The number of furan rings is 1. The van der Waals surface area contributed by atoms with Crippen LogP contribution in [0.25, 0.3) is 11.3 Å². The highest BCUT2D eigenvalue weighted by molar-refractivity contribution is 5.62. The van der Waals surface area contributed by atoms with E-state index in [1.165, 1.54) is 12.1 Å². The van der Waals surface area contributed by atoms with Gasteiger partial charge < -0.3 is 14.8 Å². The second-order valence-corrected chi connectivity index (χ2v) is 6.11. The Morgan fingerprint density at radius 1 is 1.18 bits per heavy atom. The molecule has 0 amide bonds. The van der Waals surface area contributed by atoms with Crippen LogP contribution in [-0.4, -0.2) is 17.3 Å². The summed E-state index contributed by atoms with van der Waals surface area (Å²) in [5.74, 6) is 1.42. The molecule has 1 fully saturated rings. The quantitative estimate of drug-likeness (QED) is 0.903. The fourth-order valence-electron chi connectivity index (χ4n) is 3.05. The van der Waals surface area contributed by atoms with E-state index in [-0.39, 0.29) is 11.9 Å². The Morgan fingerprint density at radius 2 is 1.95 bits per heavy atom. The average Bonchev–Trinajstić information content (AvgIpc) is 2.95. The van der Waals surface area contributed by atoms with Crippen molar-refractivity contribution in [2.45, 2.75) is 51.3 Å². The van der Waals surface area contributed by atoms with Gasteiger partial charge in [0.2, 0.25) is 0 Å². The van der Waals surface area contributed by atoms with Crippen molar-refractivity contribution in [1.82, 2.24) is 5.32 Å². The van der Waals surface area contributed by atoms with Crippen LogP contribution in [0.2, 0.25) is 0 Å². The lowest BCUT2D eigenvalue weighted by atomic mass is 9.93. The predicted octanol–water partition coefficient (Wildman–Crippen LogP) is 3.79. The minimum absolute atomic E-state index is 0.130. The van der Waals surface area contributed by atoms with Gasteiger partial charge in [0.1, 0.15) is 17.3 Å². The fourth-order valence-corrected chi connectivity index (χ4v) is 3.05. The van der Waals surface area contributed by atoms with Gasteiger partial charge in [0, 0.05) is 11.6 Å². The molecular weight excluding hydrogens is 281 g/mol. The number of aryl methyl sites for hydroxylation is 1. The number of aliphatic hydroxyl groups excluding tert-OH is 1. The summed E-state index contributed by atoms with van der Waals surface area (Å²) >= 11 is 0. The Labute approximate surface area is 130 Å². The number of hydrogen-bond donors (Lipinski definition) is 2. The zero-order valence-corrected chi connectivity index (χ0v) is 12.8. The van der Waals surface area contributed by atoms with Gasteiger partial charge in [0.15, 0.2) is 0 Å². The molecule has 2 aromatic rings. The summed E-state index contributed by atoms with van der Waals surface area (Å²) in [4.78, 5) is 0. The standard InChI is InChI=1S/C18H22FNO2/c1-12-10-13(19)2-8-17(12)18-9-7-16(22-18)11-20-14-3-5-15(21)6-4-14/h2,7-10,14-15,20-21H,3-6,11H2,1H3. The van der Waals surface area contributed by atoms with Crippen LogP contribution in [0.3, 0.4) is 0 Å². The molecule has 1 saturated carbocycles. The van der Waals surface area contributed by atoms with Crippen molar-refractivity contribution in [2.24, 2.45) is 0 Å². The summed E-state index contributed by atoms with van der Waals surface area (Å²) in [7, 11) is 0. The van der Waals surface area contributed by atoms with Crippen LogP contribution in [0, 0.1) is 12.7 Å². The minimum atomic E-state index is -0.228. The molecule has 0 atom stereocenters. The largest absolute Gasteiger partial charge is 0.460 e. The van der Waals surface area contributed by atoms with Gasteiger partial charge in [0.25, 0.3) is 0 Å². The minimum Gasteiger partial charge on any atom is -0.460 e. The fraction of sp³-hybridized carbons (Fsp3) is 0.444. The maximum absolute atomic E-state index is 13.2. The number of nitrogens with one attached hydrogen (secondary N) is 1. The SMILES string of the molecule is Cc1cc(F)ccc1-c1ccc(CNC2CCC(O)CC2)o1. The Balaban J connectivity index is 1.61. The average molecular weight is 303 g/mol. The lowest BCUT2D eigenvalue weighted by Crippen LogP contribution is -2.34. The second-order valence-electron chi connectivity index (χ2n) is 6.11. The van der Waals surface area contributed by atoms with E-state index in [0.29, 0.717) is 12.6 Å². The van der Waals surface area contributed by atoms with Gasteiger partial charge in [-0.1, -0.05) is 0 Å². The number of hydrogen-bond acceptors (Lipinski definition) is 3. The zero-order valence-electron chi connectivity index (χ0n) is 12.8. The first-order chi connectivity index (χ1) is 10.6. The summed E-state index contributed by atoms with van der Waals surface area (Å²) in [6.07, 6.45) is 3.62. The van der Waals surface area contributed by atoms with Crippen molar-refractivity contribution in [3.63, 3.8) is 0 Å². The molecule has 0 bridgehead atoms. The van der Waals surface area contributed by atoms with Crippen molar-refractivity contribution in [2.75, 3.05) is 0 Å². The van der Waals surface area contributed by atoms with Gasteiger partial charge >= 0.3 is 0 Å². The number of benzene rings is 1. The van der Waals surface area contributed by atoms with Gasteiger partial charge in [-0.15, -0.1) is 0 Å². The summed E-state index contributed by atoms with van der Waals surface area (Å²) in [6.45, 7) is 2.56. The summed E-state index contributed by atoms with van der Waals surface area (Å²) in [5, 5.41) is 13.0. The molecule has 3 nitrogen and oxygen atoms in total. The zero-order chi connectivity index (χ0) is 15.5. The molecule has 1 aliphatic carbocycles. The van der Waals surface area contributed by atoms with Crippen LogP contribution >= 0.6 is 0 Å². The van der Waals surface area contributed by atoms with E-state index in [1.807, 2.05) is 19.1 Å². The van der Waals surface area contributed by atoms with E-state index in [4.69, 9.17) is 4.42 Å². The third-order valence-corrected chi connectivity index (χ3v) is 4.38. The first-order valence-corrected chi connectivity index (χ1v) is 7.88. The maximum atomic E-state index is 13.2. The molecule has 1 heterocycles. The summed E-state index contributed by atoms with van der Waals surface area (Å²) in [5.41, 5.74) is 1.79. The number of aliphatic hydroxyl groups is 1. The summed E-state index contributed by atoms with van der Waals surface area (Å²) in [6, 6.07) is 9.07. The number of rotatable bonds is 4. The molecule has 1 aliphatic rings. The van der Waals surface area contributed by atoms with Crippen LogP contribution in [0.5, 0.6) is 0 Å². The van der Waals surface area contributed by atoms with Crippen molar-refractivity contribution in [3.05, 3.63) is 47.5 Å². The third kappa shape index (κ3) is 3.57. The predicted molar refractivity (Wildman–Crippen MR) is 83.9 cm³/mol. The highest BCUT2D eigenvalue weighted by Crippen LogP contribution is 2.26. The molecule has 1 aromatic heterocycles. The Kier molecular flexibility index (Phi) is 4.60. The van der Waals surface area contributed by atoms with Crippen molar-refractivity contribution in [1.29, 1.82) is 0 Å². The van der Waals surface area contributed by atoms with Crippen LogP contribution in [0.1, 0.15) is 37.0 Å². The van der Waals surface area contributed by atoms with E-state index < -0.39 is 0 Å². The van der Waals surface area contributed by atoms with E-state index >= 15 is 0 Å². The molecule has 0 spiro atoms. The molecule has 0 saturated heterocycles. The topological polar surface area (TPSA) is 45.4 Å². The van der Waals surface area contributed by atoms with E-state index in [2.05, 4.69) is 5.32 Å². The van der Waals surface area contributed by atoms with Gasteiger partial charge in [-0.05, 0) is 68.5 Å². The van der Waals surface area contributed by atoms with Crippen molar-refractivity contribution < 1.29 is 13.9 Å². The monoisotopic (exact) mass is 303 g/mol. The summed E-state index contributed by atoms with van der Waals surface area (Å²) < 4.78 is 19.0. The molecule has 0 unspecified atom stereocenters. The normalized spacial score (nSPS) is 22.0. The van der Waals surface area contributed by atoms with Crippen LogP contribution in [0.4, 0.5) is 4.39 Å². The van der Waals surface area contributed by atoms with Gasteiger partial charge in [-0.25, -0.2) is 4.39 Å². The van der Waals surface area contributed by atoms with Crippen molar-refractivity contribution >= 4 is 0 Å². The van der Waals surface area contributed by atoms with Crippen LogP contribution < -0.4 is 5.32 Å². The highest BCUT2D eigenvalue weighted by atomic mass is 19.1. The molecule has 0 radical (unpaired) electrons. The molecule has 2 N–H and O–H groups in total. The molecule has 118 valence electrons. The maximum Gasteiger partial charge on any atom is 0.134 e.